The summed E-state index contributed by atoms with van der Waals surface area (Å²) in [5, 5.41) is 20.1. The highest BCUT2D eigenvalue weighted by molar-refractivity contribution is 5.94. The molecule has 1 fully saturated rings. The Bertz CT molecular complexity index is 784. The number of aliphatic hydroxyl groups excluding tert-OH is 1. The minimum absolute atomic E-state index is 0.0843. The van der Waals surface area contributed by atoms with Gasteiger partial charge in [0.1, 0.15) is 5.82 Å². The lowest BCUT2D eigenvalue weighted by atomic mass is 10.1. The van der Waals surface area contributed by atoms with Crippen molar-refractivity contribution in [2.75, 3.05) is 26.2 Å². The van der Waals surface area contributed by atoms with Gasteiger partial charge < -0.3 is 14.9 Å². The van der Waals surface area contributed by atoms with E-state index >= 15 is 0 Å². The zero-order valence-electron chi connectivity index (χ0n) is 14.9. The van der Waals surface area contributed by atoms with Crippen LogP contribution in [0.15, 0.2) is 12.4 Å². The monoisotopic (exact) mass is 361 g/mol. The van der Waals surface area contributed by atoms with Crippen LogP contribution in [0, 0.1) is 6.92 Å². The average Bonchev–Trinajstić information content (AvgIpc) is 3.17. The molecular weight excluding hydrogens is 338 g/mol. The Morgan fingerprint density at radius 3 is 2.77 bits per heavy atom. The summed E-state index contributed by atoms with van der Waals surface area (Å²) in [4.78, 5) is 33.0. The Hall–Kier alpha value is -2.75. The molecule has 1 aliphatic heterocycles. The smallest absolute Gasteiger partial charge is 0.257 e. The van der Waals surface area contributed by atoms with Gasteiger partial charge in [-0.15, -0.1) is 0 Å². The number of nitrogens with zero attached hydrogens (tertiary/aromatic N) is 6. The molecule has 26 heavy (non-hydrogen) atoms. The van der Waals surface area contributed by atoms with Crippen LogP contribution < -0.4 is 0 Å². The highest BCUT2D eigenvalue weighted by Crippen LogP contribution is 2.26. The Morgan fingerprint density at radius 1 is 1.35 bits per heavy atom. The van der Waals surface area contributed by atoms with Crippen molar-refractivity contribution >= 4 is 11.8 Å². The second-order valence-corrected chi connectivity index (χ2v) is 6.34. The number of hydrogen-bond acceptors (Lipinski definition) is 6. The third kappa shape index (κ3) is 3.74. The molecule has 2 aromatic heterocycles. The van der Waals surface area contributed by atoms with E-state index in [-0.39, 0.29) is 30.9 Å². The molecule has 3 rings (SSSR count). The van der Waals surface area contributed by atoms with Crippen LogP contribution in [0.25, 0.3) is 0 Å². The zero-order chi connectivity index (χ0) is 18.7. The second-order valence-electron chi connectivity index (χ2n) is 6.34. The summed E-state index contributed by atoms with van der Waals surface area (Å²) in [6.07, 6.45) is 3.81. The first-order chi connectivity index (χ1) is 12.5. The van der Waals surface area contributed by atoms with Crippen LogP contribution in [0.4, 0.5) is 0 Å². The van der Waals surface area contributed by atoms with Crippen molar-refractivity contribution in [1.82, 2.24) is 34.8 Å². The minimum Gasteiger partial charge on any atom is -0.396 e. The lowest BCUT2D eigenvalue weighted by molar-refractivity contribution is -0.131. The van der Waals surface area contributed by atoms with Gasteiger partial charge >= 0.3 is 0 Å². The quantitative estimate of drug-likeness (QED) is 0.768. The predicted octanol–water partition coefficient (Wildman–Crippen LogP) is -0.355. The summed E-state index contributed by atoms with van der Waals surface area (Å²) in [5.41, 5.74) is 0.486. The largest absolute Gasteiger partial charge is 0.396 e. The Balaban J connectivity index is 1.87. The first kappa shape index (κ1) is 18.1. The lowest BCUT2D eigenvalue weighted by Crippen LogP contribution is -2.38. The lowest BCUT2D eigenvalue weighted by Gasteiger charge is -2.27. The summed E-state index contributed by atoms with van der Waals surface area (Å²) in [7, 11) is 1.75. The maximum absolute atomic E-state index is 13.0. The standard InChI is InChI=1S/C16H23N7O3/c1-11-18-15(20-19-11)13-3-5-22(14(25)4-8-24)6-7-23(13)16(26)12-9-17-21(2)10-12/h9-10,13,24H,3-8H2,1-2H3,(H,18,19,20). The average molecular weight is 361 g/mol. The van der Waals surface area contributed by atoms with Crippen LogP contribution in [0.3, 0.4) is 0 Å². The number of aliphatic hydroxyl groups is 1. The van der Waals surface area contributed by atoms with E-state index in [1.54, 1.807) is 34.6 Å². The number of carbonyl (C=O) groups is 2. The van der Waals surface area contributed by atoms with Gasteiger partial charge in [0.2, 0.25) is 5.91 Å². The molecule has 0 radical (unpaired) electrons. The molecule has 0 spiro atoms. The molecule has 10 heteroatoms. The van der Waals surface area contributed by atoms with Crippen molar-refractivity contribution in [2.45, 2.75) is 25.8 Å². The van der Waals surface area contributed by atoms with Crippen LogP contribution in [-0.2, 0) is 11.8 Å². The first-order valence-electron chi connectivity index (χ1n) is 8.56. The third-order valence-corrected chi connectivity index (χ3v) is 4.46. The molecule has 1 aliphatic rings. The fourth-order valence-electron chi connectivity index (χ4n) is 3.15. The van der Waals surface area contributed by atoms with E-state index in [0.717, 1.165) is 0 Å². The second kappa shape index (κ2) is 7.65. The number of H-pyrrole nitrogens is 1. The van der Waals surface area contributed by atoms with Crippen LogP contribution in [0.5, 0.6) is 0 Å². The van der Waals surface area contributed by atoms with Crippen LogP contribution in [-0.4, -0.2) is 77.9 Å². The van der Waals surface area contributed by atoms with E-state index in [2.05, 4.69) is 20.3 Å². The van der Waals surface area contributed by atoms with Crippen molar-refractivity contribution < 1.29 is 14.7 Å². The van der Waals surface area contributed by atoms with Gasteiger partial charge in [-0.2, -0.15) is 10.2 Å². The molecule has 1 atom stereocenters. The molecule has 140 valence electrons. The number of hydrogen-bond donors (Lipinski definition) is 2. The van der Waals surface area contributed by atoms with Crippen molar-refractivity contribution in [3.8, 4) is 0 Å². The van der Waals surface area contributed by atoms with Gasteiger partial charge in [0.15, 0.2) is 5.82 Å². The summed E-state index contributed by atoms with van der Waals surface area (Å²) >= 11 is 0. The zero-order valence-corrected chi connectivity index (χ0v) is 14.9. The third-order valence-electron chi connectivity index (χ3n) is 4.46. The molecule has 1 saturated heterocycles. The summed E-state index contributed by atoms with van der Waals surface area (Å²) in [6.45, 7) is 2.87. The predicted molar refractivity (Wildman–Crippen MR) is 91.0 cm³/mol. The Kier molecular flexibility index (Phi) is 5.31. The van der Waals surface area contributed by atoms with Gasteiger partial charge in [0.05, 0.1) is 24.4 Å². The van der Waals surface area contributed by atoms with Gasteiger partial charge in [-0.25, -0.2) is 4.98 Å². The maximum atomic E-state index is 13.0. The van der Waals surface area contributed by atoms with Crippen molar-refractivity contribution in [3.05, 3.63) is 29.6 Å². The molecule has 0 bridgehead atoms. The van der Waals surface area contributed by atoms with E-state index in [4.69, 9.17) is 5.11 Å². The summed E-state index contributed by atoms with van der Waals surface area (Å²) in [5.74, 6) is 0.928. The van der Waals surface area contributed by atoms with Gasteiger partial charge in [0.25, 0.3) is 5.91 Å². The van der Waals surface area contributed by atoms with Gasteiger partial charge in [-0.1, -0.05) is 0 Å². The number of aromatic amines is 1. The molecule has 2 aromatic rings. The SMILES string of the molecule is Cc1nc(C2CCN(C(=O)CCO)CCN2C(=O)c2cnn(C)c2)n[nH]1. The van der Waals surface area contributed by atoms with Crippen molar-refractivity contribution in [1.29, 1.82) is 0 Å². The number of rotatable bonds is 4. The molecule has 10 nitrogen and oxygen atoms in total. The maximum Gasteiger partial charge on any atom is 0.257 e. The number of nitrogens with one attached hydrogen (secondary N) is 1. The molecular formula is C16H23N7O3. The molecule has 0 aliphatic carbocycles. The van der Waals surface area contributed by atoms with Gasteiger partial charge in [-0.05, 0) is 13.3 Å². The van der Waals surface area contributed by atoms with E-state index in [9.17, 15) is 9.59 Å². The van der Waals surface area contributed by atoms with Crippen LogP contribution in [0.2, 0.25) is 0 Å². The fraction of sp³-hybridized carbons (Fsp3) is 0.562. The highest BCUT2D eigenvalue weighted by Gasteiger charge is 2.33. The molecule has 3 heterocycles. The summed E-state index contributed by atoms with van der Waals surface area (Å²) < 4.78 is 1.58. The molecule has 2 amide bonds. The van der Waals surface area contributed by atoms with Crippen molar-refractivity contribution in [3.63, 3.8) is 0 Å². The Labute approximate surface area is 150 Å². The molecule has 2 N–H and O–H groups in total. The number of aromatic nitrogens is 5. The van der Waals surface area contributed by atoms with Gasteiger partial charge in [-0.3, -0.25) is 19.4 Å². The van der Waals surface area contributed by atoms with E-state index in [1.165, 1.54) is 6.20 Å². The van der Waals surface area contributed by atoms with Crippen LogP contribution in [0.1, 0.15) is 40.9 Å². The minimum atomic E-state index is -0.334. The number of aryl methyl sites for hydroxylation is 2. The normalized spacial score (nSPS) is 18.0. The first-order valence-corrected chi connectivity index (χ1v) is 8.56. The molecule has 0 saturated carbocycles. The molecule has 1 unspecified atom stereocenters. The summed E-state index contributed by atoms with van der Waals surface area (Å²) in [6, 6.07) is -0.334. The van der Waals surface area contributed by atoms with E-state index in [1.807, 2.05) is 0 Å². The van der Waals surface area contributed by atoms with Crippen molar-refractivity contribution in [2.24, 2.45) is 7.05 Å². The Morgan fingerprint density at radius 2 is 2.15 bits per heavy atom. The highest BCUT2D eigenvalue weighted by atomic mass is 16.3. The topological polar surface area (TPSA) is 120 Å². The number of amides is 2. The molecule has 0 aromatic carbocycles. The fourth-order valence-corrected chi connectivity index (χ4v) is 3.15. The van der Waals surface area contributed by atoms with E-state index in [0.29, 0.717) is 43.3 Å². The van der Waals surface area contributed by atoms with Crippen LogP contribution >= 0.6 is 0 Å². The van der Waals surface area contributed by atoms with E-state index < -0.39 is 0 Å². The number of carbonyl (C=O) groups excluding carboxylic acids is 2. The van der Waals surface area contributed by atoms with Gasteiger partial charge in [0, 0.05) is 39.3 Å².